The van der Waals surface area contributed by atoms with Crippen molar-refractivity contribution in [1.29, 1.82) is 0 Å². The summed E-state index contributed by atoms with van der Waals surface area (Å²) in [6.07, 6.45) is 3.99. The summed E-state index contributed by atoms with van der Waals surface area (Å²) in [6, 6.07) is 8.02. The lowest BCUT2D eigenvalue weighted by Crippen LogP contribution is -2.19. The van der Waals surface area contributed by atoms with Crippen LogP contribution in [0.15, 0.2) is 30.3 Å². The Bertz CT molecular complexity index is 420. The van der Waals surface area contributed by atoms with Crippen molar-refractivity contribution in [3.63, 3.8) is 0 Å². The highest BCUT2D eigenvalue weighted by Gasteiger charge is 2.37. The highest BCUT2D eigenvalue weighted by Crippen LogP contribution is 2.35. The standard InChI is InChI=1S/C12H10O2/c13-10-7-14-11-6-5-8-3-1-2-4-9(8)12(10)11/h1-6,11-12H,7H2. The summed E-state index contributed by atoms with van der Waals surface area (Å²) >= 11 is 0. The summed E-state index contributed by atoms with van der Waals surface area (Å²) in [5.74, 6) is 0.142. The third kappa shape index (κ3) is 0.976. The molecule has 2 unspecified atom stereocenters. The van der Waals surface area contributed by atoms with Crippen molar-refractivity contribution in [3.8, 4) is 0 Å². The van der Waals surface area contributed by atoms with Crippen molar-refractivity contribution in [2.24, 2.45) is 0 Å². The molecule has 14 heavy (non-hydrogen) atoms. The molecule has 0 saturated carbocycles. The summed E-state index contributed by atoms with van der Waals surface area (Å²) < 4.78 is 5.39. The van der Waals surface area contributed by atoms with Gasteiger partial charge in [0.15, 0.2) is 5.78 Å². The van der Waals surface area contributed by atoms with Crippen LogP contribution >= 0.6 is 0 Å². The fourth-order valence-corrected chi connectivity index (χ4v) is 2.21. The third-order valence-electron chi connectivity index (χ3n) is 2.89. The van der Waals surface area contributed by atoms with E-state index in [1.165, 1.54) is 0 Å². The molecule has 2 atom stereocenters. The van der Waals surface area contributed by atoms with Gasteiger partial charge in [-0.3, -0.25) is 4.79 Å². The molecule has 70 valence electrons. The second-order valence-corrected chi connectivity index (χ2v) is 3.71. The van der Waals surface area contributed by atoms with Gasteiger partial charge in [0.1, 0.15) is 6.61 Å². The van der Waals surface area contributed by atoms with Gasteiger partial charge in [-0.25, -0.2) is 0 Å². The van der Waals surface area contributed by atoms with Crippen LogP contribution < -0.4 is 0 Å². The highest BCUT2D eigenvalue weighted by molar-refractivity contribution is 5.91. The van der Waals surface area contributed by atoms with Gasteiger partial charge in [-0.1, -0.05) is 36.4 Å². The SMILES string of the molecule is O=C1COC2C=Cc3ccccc3C12. The molecule has 2 aliphatic rings. The van der Waals surface area contributed by atoms with Gasteiger partial charge in [-0.05, 0) is 11.1 Å². The van der Waals surface area contributed by atoms with E-state index in [1.54, 1.807) is 0 Å². The van der Waals surface area contributed by atoms with Crippen LogP contribution in [-0.4, -0.2) is 18.5 Å². The van der Waals surface area contributed by atoms with Crippen LogP contribution in [0.3, 0.4) is 0 Å². The van der Waals surface area contributed by atoms with Gasteiger partial charge in [0, 0.05) is 0 Å². The zero-order valence-electron chi connectivity index (χ0n) is 7.64. The summed E-state index contributed by atoms with van der Waals surface area (Å²) in [6.45, 7) is 0.258. The number of ether oxygens (including phenoxy) is 1. The predicted octanol–water partition coefficient (Wildman–Crippen LogP) is 1.76. The second-order valence-electron chi connectivity index (χ2n) is 3.71. The Morgan fingerprint density at radius 3 is 3.07 bits per heavy atom. The fourth-order valence-electron chi connectivity index (χ4n) is 2.21. The van der Waals surface area contributed by atoms with E-state index in [0.29, 0.717) is 0 Å². The number of ketones is 1. The molecule has 2 heteroatoms. The number of hydrogen-bond acceptors (Lipinski definition) is 2. The van der Waals surface area contributed by atoms with Crippen molar-refractivity contribution >= 4 is 11.9 Å². The van der Waals surface area contributed by atoms with Crippen LogP contribution in [0.2, 0.25) is 0 Å². The quantitative estimate of drug-likeness (QED) is 0.617. The van der Waals surface area contributed by atoms with Gasteiger partial charge in [-0.2, -0.15) is 0 Å². The predicted molar refractivity (Wildman–Crippen MR) is 53.0 cm³/mol. The first-order valence-electron chi connectivity index (χ1n) is 4.78. The fraction of sp³-hybridized carbons (Fsp3) is 0.250. The van der Waals surface area contributed by atoms with Crippen LogP contribution in [0, 0.1) is 0 Å². The largest absolute Gasteiger partial charge is 0.365 e. The first kappa shape index (κ1) is 7.94. The van der Waals surface area contributed by atoms with E-state index in [4.69, 9.17) is 4.74 Å². The smallest absolute Gasteiger partial charge is 0.168 e. The van der Waals surface area contributed by atoms with E-state index < -0.39 is 0 Å². The van der Waals surface area contributed by atoms with E-state index in [9.17, 15) is 4.79 Å². The van der Waals surface area contributed by atoms with Crippen molar-refractivity contribution in [1.82, 2.24) is 0 Å². The average Bonchev–Trinajstić information content (AvgIpc) is 2.61. The van der Waals surface area contributed by atoms with Crippen LogP contribution in [-0.2, 0) is 9.53 Å². The van der Waals surface area contributed by atoms with E-state index in [0.717, 1.165) is 11.1 Å². The molecule has 0 N–H and O–H groups in total. The number of carbonyl (C=O) groups is 1. The van der Waals surface area contributed by atoms with E-state index in [2.05, 4.69) is 0 Å². The molecular formula is C12H10O2. The van der Waals surface area contributed by atoms with Gasteiger partial charge < -0.3 is 4.74 Å². The third-order valence-corrected chi connectivity index (χ3v) is 2.89. The molecule has 1 saturated heterocycles. The van der Waals surface area contributed by atoms with Crippen molar-refractivity contribution in [2.45, 2.75) is 12.0 Å². The highest BCUT2D eigenvalue weighted by atomic mass is 16.5. The molecule has 0 radical (unpaired) electrons. The maximum atomic E-state index is 11.6. The Labute approximate surface area is 82.2 Å². The molecule has 1 heterocycles. The van der Waals surface area contributed by atoms with Crippen LogP contribution in [0.1, 0.15) is 17.0 Å². The zero-order valence-corrected chi connectivity index (χ0v) is 7.64. The van der Waals surface area contributed by atoms with Crippen molar-refractivity contribution in [2.75, 3.05) is 6.61 Å². The van der Waals surface area contributed by atoms with Gasteiger partial charge in [-0.15, -0.1) is 0 Å². The Balaban J connectivity index is 2.17. The van der Waals surface area contributed by atoms with Crippen LogP contribution in [0.25, 0.3) is 6.08 Å². The molecule has 1 aromatic carbocycles. The minimum absolute atomic E-state index is 0.0302. The van der Waals surface area contributed by atoms with Gasteiger partial charge >= 0.3 is 0 Å². The van der Waals surface area contributed by atoms with Gasteiger partial charge in [0.2, 0.25) is 0 Å². The maximum Gasteiger partial charge on any atom is 0.168 e. The number of rotatable bonds is 0. The number of carbonyl (C=O) groups excluding carboxylic acids is 1. The molecule has 2 nitrogen and oxygen atoms in total. The van der Waals surface area contributed by atoms with Gasteiger partial charge in [0.05, 0.1) is 12.0 Å². The first-order chi connectivity index (χ1) is 6.86. The Morgan fingerprint density at radius 2 is 2.14 bits per heavy atom. The maximum absolute atomic E-state index is 11.6. The number of hydrogen-bond donors (Lipinski definition) is 0. The van der Waals surface area contributed by atoms with E-state index in [-0.39, 0.29) is 24.4 Å². The molecule has 1 fully saturated rings. The zero-order chi connectivity index (χ0) is 9.54. The normalized spacial score (nSPS) is 28.7. The van der Waals surface area contributed by atoms with Crippen LogP contribution in [0.4, 0.5) is 0 Å². The topological polar surface area (TPSA) is 26.3 Å². The summed E-state index contributed by atoms with van der Waals surface area (Å²) in [5, 5.41) is 0. The number of fused-ring (bicyclic) bond motifs is 3. The molecule has 1 aromatic rings. The van der Waals surface area contributed by atoms with Crippen molar-refractivity contribution < 1.29 is 9.53 Å². The lowest BCUT2D eigenvalue weighted by atomic mass is 9.84. The van der Waals surface area contributed by atoms with Gasteiger partial charge in [0.25, 0.3) is 0 Å². The number of Topliss-reactive ketones (excluding diaryl/α,β-unsaturated/α-hetero) is 1. The van der Waals surface area contributed by atoms with E-state index >= 15 is 0 Å². The summed E-state index contributed by atoms with van der Waals surface area (Å²) in [5.41, 5.74) is 2.26. The lowest BCUT2D eigenvalue weighted by Gasteiger charge is -2.20. The summed E-state index contributed by atoms with van der Waals surface area (Å²) in [4.78, 5) is 11.6. The molecule has 1 aliphatic carbocycles. The molecule has 0 aromatic heterocycles. The monoisotopic (exact) mass is 186 g/mol. The number of benzene rings is 1. The molecule has 1 aliphatic heterocycles. The van der Waals surface area contributed by atoms with E-state index in [1.807, 2.05) is 36.4 Å². The molecule has 0 amide bonds. The molecule has 3 rings (SSSR count). The average molecular weight is 186 g/mol. The minimum atomic E-state index is -0.0591. The van der Waals surface area contributed by atoms with Crippen molar-refractivity contribution in [3.05, 3.63) is 41.5 Å². The Kier molecular flexibility index (Phi) is 1.58. The van der Waals surface area contributed by atoms with Crippen LogP contribution in [0.5, 0.6) is 0 Å². The molecular weight excluding hydrogens is 176 g/mol. The molecule has 0 bridgehead atoms. The lowest BCUT2D eigenvalue weighted by molar-refractivity contribution is -0.118. The Morgan fingerprint density at radius 1 is 1.29 bits per heavy atom. The molecule has 0 spiro atoms. The Hall–Kier alpha value is -1.41. The first-order valence-corrected chi connectivity index (χ1v) is 4.78. The minimum Gasteiger partial charge on any atom is -0.365 e. The second kappa shape index (κ2) is 2.79. The summed E-state index contributed by atoms with van der Waals surface area (Å²) in [7, 11) is 0.